The minimum atomic E-state index is -0.00834. The van der Waals surface area contributed by atoms with Crippen molar-refractivity contribution in [1.29, 1.82) is 0 Å². The van der Waals surface area contributed by atoms with Crippen molar-refractivity contribution in [3.05, 3.63) is 0 Å². The van der Waals surface area contributed by atoms with Gasteiger partial charge < -0.3 is 15.8 Å². The maximum absolute atomic E-state index is 11.2. The summed E-state index contributed by atoms with van der Waals surface area (Å²) in [4.78, 5) is 11.2. The van der Waals surface area contributed by atoms with Crippen LogP contribution in [0.15, 0.2) is 0 Å². The number of ether oxygens (including phenoxy) is 1. The number of amides is 1. The van der Waals surface area contributed by atoms with Crippen molar-refractivity contribution in [3.8, 4) is 0 Å². The zero-order valence-corrected chi connectivity index (χ0v) is 7.38. The molecular weight excluding hydrogens is 156 g/mol. The molecular formula is C8H16N2O2. The highest BCUT2D eigenvalue weighted by Gasteiger charge is 2.20. The monoisotopic (exact) mass is 172 g/mol. The van der Waals surface area contributed by atoms with E-state index in [0.717, 1.165) is 6.42 Å². The van der Waals surface area contributed by atoms with Crippen LogP contribution in [0.5, 0.6) is 0 Å². The molecule has 1 amide bonds. The molecule has 1 rings (SSSR count). The molecule has 0 saturated carbocycles. The van der Waals surface area contributed by atoms with Crippen molar-refractivity contribution in [2.24, 2.45) is 5.73 Å². The van der Waals surface area contributed by atoms with E-state index >= 15 is 0 Å². The molecule has 1 aliphatic heterocycles. The van der Waals surface area contributed by atoms with Gasteiger partial charge in [0.25, 0.3) is 0 Å². The molecule has 3 N–H and O–H groups in total. The zero-order valence-electron chi connectivity index (χ0n) is 7.38. The Balaban J connectivity index is 2.10. The molecule has 70 valence electrons. The summed E-state index contributed by atoms with van der Waals surface area (Å²) in [5.41, 5.74) is 5.62. The van der Waals surface area contributed by atoms with Crippen molar-refractivity contribution < 1.29 is 9.53 Å². The Hall–Kier alpha value is -0.610. The van der Waals surface area contributed by atoms with Crippen LogP contribution in [0.2, 0.25) is 0 Å². The second-order valence-corrected chi connectivity index (χ2v) is 3.17. The lowest BCUT2D eigenvalue weighted by Crippen LogP contribution is -2.49. The summed E-state index contributed by atoms with van der Waals surface area (Å²) >= 11 is 0. The highest BCUT2D eigenvalue weighted by Crippen LogP contribution is 2.01. The molecule has 0 aliphatic carbocycles. The third-order valence-corrected chi connectivity index (χ3v) is 1.98. The second kappa shape index (κ2) is 4.42. The highest BCUT2D eigenvalue weighted by molar-refractivity contribution is 5.76. The second-order valence-electron chi connectivity index (χ2n) is 3.17. The first-order valence-corrected chi connectivity index (χ1v) is 4.35. The first-order chi connectivity index (χ1) is 5.72. The molecule has 1 fully saturated rings. The lowest BCUT2D eigenvalue weighted by molar-refractivity contribution is -0.125. The van der Waals surface area contributed by atoms with Gasteiger partial charge in [-0.2, -0.15) is 0 Å². The Labute approximate surface area is 72.5 Å². The van der Waals surface area contributed by atoms with Gasteiger partial charge in [-0.05, 0) is 6.42 Å². The molecule has 0 spiro atoms. The van der Waals surface area contributed by atoms with E-state index in [0.29, 0.717) is 19.6 Å². The average Bonchev–Trinajstić information content (AvgIpc) is 1.97. The van der Waals surface area contributed by atoms with Gasteiger partial charge in [0.15, 0.2) is 0 Å². The molecule has 12 heavy (non-hydrogen) atoms. The summed E-state index contributed by atoms with van der Waals surface area (Å²) in [6.07, 6.45) is 1.27. The Morgan fingerprint density at radius 3 is 2.83 bits per heavy atom. The van der Waals surface area contributed by atoms with Crippen molar-refractivity contribution in [1.82, 2.24) is 5.32 Å². The molecule has 0 aromatic carbocycles. The summed E-state index contributed by atoms with van der Waals surface area (Å²) in [6.45, 7) is 3.27. The lowest BCUT2D eigenvalue weighted by Gasteiger charge is -2.27. The van der Waals surface area contributed by atoms with Gasteiger partial charge in [-0.3, -0.25) is 4.79 Å². The maximum Gasteiger partial charge on any atom is 0.221 e. The van der Waals surface area contributed by atoms with Crippen LogP contribution in [0.25, 0.3) is 0 Å². The molecule has 1 heterocycles. The minimum absolute atomic E-state index is 0.00834. The summed E-state index contributed by atoms with van der Waals surface area (Å²) in [5, 5.41) is 2.84. The number of nitrogens with two attached hydrogens (primary N) is 1. The number of hydrogen-bond acceptors (Lipinski definition) is 3. The van der Waals surface area contributed by atoms with E-state index in [1.165, 1.54) is 0 Å². The number of carbonyl (C=O) groups is 1. The van der Waals surface area contributed by atoms with Gasteiger partial charge in [-0.15, -0.1) is 0 Å². The zero-order chi connectivity index (χ0) is 8.97. The normalized spacial score (nSPS) is 19.8. The third kappa shape index (κ3) is 2.79. The van der Waals surface area contributed by atoms with Gasteiger partial charge in [-0.1, -0.05) is 6.92 Å². The van der Waals surface area contributed by atoms with Crippen molar-refractivity contribution in [3.63, 3.8) is 0 Å². The van der Waals surface area contributed by atoms with Gasteiger partial charge >= 0.3 is 0 Å². The van der Waals surface area contributed by atoms with E-state index in [4.69, 9.17) is 10.5 Å². The van der Waals surface area contributed by atoms with Crippen molar-refractivity contribution in [2.75, 3.05) is 13.2 Å². The summed E-state index contributed by atoms with van der Waals surface area (Å²) in [7, 11) is 0. The fraction of sp³-hybridized carbons (Fsp3) is 0.875. The molecule has 0 aromatic rings. The summed E-state index contributed by atoms with van der Waals surface area (Å²) < 4.78 is 4.92. The lowest BCUT2D eigenvalue weighted by atomic mass is 10.1. The van der Waals surface area contributed by atoms with Crippen molar-refractivity contribution in [2.45, 2.75) is 31.8 Å². The topological polar surface area (TPSA) is 64.4 Å². The fourth-order valence-corrected chi connectivity index (χ4v) is 0.988. The quantitative estimate of drug-likeness (QED) is 0.608. The van der Waals surface area contributed by atoms with Gasteiger partial charge in [-0.25, -0.2) is 0 Å². The molecule has 0 bridgehead atoms. The van der Waals surface area contributed by atoms with Crippen LogP contribution >= 0.6 is 0 Å². The maximum atomic E-state index is 11.2. The SMILES string of the molecule is CCC(N)CC(=O)NC1COC1. The van der Waals surface area contributed by atoms with Gasteiger partial charge in [0.05, 0.1) is 19.3 Å². The number of carbonyl (C=O) groups excluding carboxylic acids is 1. The van der Waals surface area contributed by atoms with E-state index in [2.05, 4.69) is 5.32 Å². The van der Waals surface area contributed by atoms with Crippen LogP contribution in [-0.2, 0) is 9.53 Å². The largest absolute Gasteiger partial charge is 0.377 e. The van der Waals surface area contributed by atoms with Crippen molar-refractivity contribution >= 4 is 5.91 Å². The molecule has 1 atom stereocenters. The average molecular weight is 172 g/mol. The molecule has 1 unspecified atom stereocenters. The summed E-state index contributed by atoms with van der Waals surface area (Å²) in [5.74, 6) is 0.0395. The summed E-state index contributed by atoms with van der Waals surface area (Å²) in [6, 6.07) is 0.215. The Morgan fingerprint density at radius 1 is 1.75 bits per heavy atom. The van der Waals surface area contributed by atoms with Crippen LogP contribution in [0.1, 0.15) is 19.8 Å². The van der Waals surface area contributed by atoms with Crippen LogP contribution in [0.4, 0.5) is 0 Å². The fourth-order valence-electron chi connectivity index (χ4n) is 0.988. The first-order valence-electron chi connectivity index (χ1n) is 4.35. The third-order valence-electron chi connectivity index (χ3n) is 1.98. The van der Waals surface area contributed by atoms with Gasteiger partial charge in [0.1, 0.15) is 0 Å². The van der Waals surface area contributed by atoms with E-state index in [-0.39, 0.29) is 18.0 Å². The molecule has 0 radical (unpaired) electrons. The van der Waals surface area contributed by atoms with Crippen LogP contribution in [0.3, 0.4) is 0 Å². The Bertz CT molecular complexity index is 148. The molecule has 1 aliphatic rings. The number of nitrogens with one attached hydrogen (secondary N) is 1. The smallest absolute Gasteiger partial charge is 0.221 e. The van der Waals surface area contributed by atoms with E-state index < -0.39 is 0 Å². The van der Waals surface area contributed by atoms with Crippen LogP contribution < -0.4 is 11.1 Å². The van der Waals surface area contributed by atoms with Gasteiger partial charge in [0.2, 0.25) is 5.91 Å². The van der Waals surface area contributed by atoms with Crippen LogP contribution in [-0.4, -0.2) is 31.2 Å². The highest BCUT2D eigenvalue weighted by atomic mass is 16.5. The minimum Gasteiger partial charge on any atom is -0.377 e. The Kier molecular flexibility index (Phi) is 3.49. The number of hydrogen-bond donors (Lipinski definition) is 2. The standard InChI is InChI=1S/C8H16N2O2/c1-2-6(9)3-8(11)10-7-4-12-5-7/h6-7H,2-5,9H2,1H3,(H,10,11). The molecule has 1 saturated heterocycles. The predicted molar refractivity (Wildman–Crippen MR) is 45.6 cm³/mol. The molecule has 0 aromatic heterocycles. The van der Waals surface area contributed by atoms with E-state index in [1.807, 2.05) is 6.92 Å². The van der Waals surface area contributed by atoms with E-state index in [9.17, 15) is 4.79 Å². The first kappa shape index (κ1) is 9.48. The predicted octanol–water partition coefficient (Wildman–Crippen LogP) is -0.371. The molecule has 4 nitrogen and oxygen atoms in total. The van der Waals surface area contributed by atoms with Crippen LogP contribution in [0, 0.1) is 0 Å². The Morgan fingerprint density at radius 2 is 2.42 bits per heavy atom. The van der Waals surface area contributed by atoms with Gasteiger partial charge in [0, 0.05) is 12.5 Å². The van der Waals surface area contributed by atoms with E-state index in [1.54, 1.807) is 0 Å². The number of rotatable bonds is 4. The molecule has 4 heteroatoms.